The summed E-state index contributed by atoms with van der Waals surface area (Å²) in [6, 6.07) is 8.61. The van der Waals surface area contributed by atoms with Gasteiger partial charge in [-0.3, -0.25) is 9.69 Å². The Labute approximate surface area is 123 Å². The Morgan fingerprint density at radius 1 is 1.38 bits per heavy atom. The maximum absolute atomic E-state index is 12.3. The number of likely N-dealkylation sites (tertiary alicyclic amines) is 1. The maximum Gasteiger partial charge on any atom is 0.324 e. The lowest BCUT2D eigenvalue weighted by Gasteiger charge is -2.42. The van der Waals surface area contributed by atoms with Gasteiger partial charge in [0.1, 0.15) is 0 Å². The monoisotopic (exact) mass is 287 g/mol. The highest BCUT2D eigenvalue weighted by Gasteiger charge is 2.38. The summed E-state index contributed by atoms with van der Waals surface area (Å²) in [6.45, 7) is 2.60. The molecule has 1 atom stereocenters. The Bertz CT molecular complexity index is 585. The fraction of sp³-hybridized carbons (Fsp3) is 0.400. The number of hydrogen-bond donors (Lipinski definition) is 1. The molecule has 0 aromatic heterocycles. The molecule has 1 unspecified atom stereocenters. The Balaban J connectivity index is 1.95. The van der Waals surface area contributed by atoms with E-state index in [1.54, 1.807) is 43.1 Å². The third-order valence-electron chi connectivity index (χ3n) is 3.95. The van der Waals surface area contributed by atoms with Crippen molar-refractivity contribution in [2.24, 2.45) is 11.8 Å². The molecule has 1 aromatic rings. The predicted octanol–water partition coefficient (Wildman–Crippen LogP) is 1.77. The summed E-state index contributed by atoms with van der Waals surface area (Å²) in [6.07, 6.45) is 0. The van der Waals surface area contributed by atoms with Crippen molar-refractivity contribution in [1.82, 2.24) is 4.90 Å². The normalized spacial score (nSPS) is 15.8. The van der Waals surface area contributed by atoms with E-state index in [0.29, 0.717) is 24.3 Å². The van der Waals surface area contributed by atoms with Crippen molar-refractivity contribution in [3.05, 3.63) is 29.8 Å². The quantitative estimate of drug-likeness (QED) is 0.918. The molecule has 1 N–H and O–H groups in total. The van der Waals surface area contributed by atoms with Crippen molar-refractivity contribution in [3.8, 4) is 6.07 Å². The Kier molecular flexibility index (Phi) is 4.13. The molecule has 0 saturated carbocycles. The van der Waals surface area contributed by atoms with E-state index in [4.69, 9.17) is 10.4 Å². The number of carbonyl (C=O) groups excluding carboxylic acids is 1. The first kappa shape index (κ1) is 14.9. The van der Waals surface area contributed by atoms with E-state index in [1.165, 1.54) is 4.90 Å². The number of benzene rings is 1. The van der Waals surface area contributed by atoms with Crippen molar-refractivity contribution in [2.75, 3.05) is 25.0 Å². The van der Waals surface area contributed by atoms with Crippen molar-refractivity contribution in [3.63, 3.8) is 0 Å². The van der Waals surface area contributed by atoms with Gasteiger partial charge in [0.25, 0.3) is 0 Å². The molecule has 21 heavy (non-hydrogen) atoms. The highest BCUT2D eigenvalue weighted by atomic mass is 16.4. The number of aliphatic carboxylic acids is 1. The highest BCUT2D eigenvalue weighted by molar-refractivity contribution is 5.92. The van der Waals surface area contributed by atoms with Crippen LogP contribution >= 0.6 is 0 Å². The topological polar surface area (TPSA) is 84.6 Å². The molecule has 0 radical (unpaired) electrons. The zero-order valence-corrected chi connectivity index (χ0v) is 12.0. The average Bonchev–Trinajstić information content (AvgIpc) is 2.44. The first-order chi connectivity index (χ1) is 9.93. The second-order valence-corrected chi connectivity index (χ2v) is 5.29. The second kappa shape index (κ2) is 5.83. The number of hydrogen-bond acceptors (Lipinski definition) is 3. The lowest BCUT2D eigenvalue weighted by Crippen LogP contribution is -2.56. The minimum atomic E-state index is -0.826. The smallest absolute Gasteiger partial charge is 0.324 e. The standard InChI is InChI=1S/C15H17N3O3/c1-10(14(19)20)12-8-18(9-12)15(21)17(2)13-5-3-11(7-16)4-6-13/h3-6,10,12H,8-9H2,1-2H3,(H,19,20). The number of nitrogens with zero attached hydrogens (tertiary/aromatic N) is 3. The summed E-state index contributed by atoms with van der Waals surface area (Å²) in [5.74, 6) is -1.25. The highest BCUT2D eigenvalue weighted by Crippen LogP contribution is 2.26. The van der Waals surface area contributed by atoms with Crippen LogP contribution < -0.4 is 4.90 Å². The van der Waals surface area contributed by atoms with Gasteiger partial charge in [0.05, 0.1) is 17.6 Å². The van der Waals surface area contributed by atoms with Gasteiger partial charge in [-0.15, -0.1) is 0 Å². The zero-order chi connectivity index (χ0) is 15.6. The average molecular weight is 287 g/mol. The second-order valence-electron chi connectivity index (χ2n) is 5.29. The van der Waals surface area contributed by atoms with Crippen LogP contribution in [0.15, 0.2) is 24.3 Å². The molecule has 0 aliphatic carbocycles. The lowest BCUT2D eigenvalue weighted by atomic mass is 9.87. The molecule has 1 aliphatic rings. The Morgan fingerprint density at radius 3 is 2.43 bits per heavy atom. The van der Waals surface area contributed by atoms with Gasteiger partial charge in [-0.1, -0.05) is 6.92 Å². The van der Waals surface area contributed by atoms with E-state index in [9.17, 15) is 9.59 Å². The minimum Gasteiger partial charge on any atom is -0.481 e. The van der Waals surface area contributed by atoms with Gasteiger partial charge in [0.15, 0.2) is 0 Å². The number of carboxylic acid groups (broad SMARTS) is 1. The maximum atomic E-state index is 12.3. The molecular weight excluding hydrogens is 270 g/mol. The van der Waals surface area contributed by atoms with Crippen LogP contribution in [0.25, 0.3) is 0 Å². The SMILES string of the molecule is CC(C(=O)O)C1CN(C(=O)N(C)c2ccc(C#N)cc2)C1. The summed E-state index contributed by atoms with van der Waals surface area (Å²) in [4.78, 5) is 26.3. The first-order valence-corrected chi connectivity index (χ1v) is 6.69. The number of carbonyl (C=O) groups is 2. The van der Waals surface area contributed by atoms with Crippen molar-refractivity contribution in [1.29, 1.82) is 5.26 Å². The fourth-order valence-corrected chi connectivity index (χ4v) is 2.27. The fourth-order valence-electron chi connectivity index (χ4n) is 2.27. The third-order valence-corrected chi connectivity index (χ3v) is 3.95. The molecule has 6 heteroatoms. The van der Waals surface area contributed by atoms with Crippen LogP contribution in [0.2, 0.25) is 0 Å². The molecule has 2 amide bonds. The Morgan fingerprint density at radius 2 is 1.95 bits per heavy atom. The molecule has 1 fully saturated rings. The number of amides is 2. The minimum absolute atomic E-state index is 0.0146. The van der Waals surface area contributed by atoms with Crippen LogP contribution in [0.1, 0.15) is 12.5 Å². The van der Waals surface area contributed by atoms with Crippen LogP contribution in [0, 0.1) is 23.2 Å². The van der Waals surface area contributed by atoms with Crippen molar-refractivity contribution in [2.45, 2.75) is 6.92 Å². The summed E-state index contributed by atoms with van der Waals surface area (Å²) >= 11 is 0. The lowest BCUT2D eigenvalue weighted by molar-refractivity contribution is -0.144. The first-order valence-electron chi connectivity index (χ1n) is 6.69. The largest absolute Gasteiger partial charge is 0.481 e. The van der Waals surface area contributed by atoms with Gasteiger partial charge >= 0.3 is 12.0 Å². The summed E-state index contributed by atoms with van der Waals surface area (Å²) in [5.41, 5.74) is 1.24. The van der Waals surface area contributed by atoms with E-state index in [1.807, 2.05) is 6.07 Å². The predicted molar refractivity (Wildman–Crippen MR) is 76.8 cm³/mol. The van der Waals surface area contributed by atoms with Crippen LogP contribution in [0.3, 0.4) is 0 Å². The molecule has 2 rings (SSSR count). The van der Waals surface area contributed by atoms with E-state index >= 15 is 0 Å². The van der Waals surface area contributed by atoms with Gasteiger partial charge < -0.3 is 10.0 Å². The van der Waals surface area contributed by atoms with Gasteiger partial charge in [-0.2, -0.15) is 5.26 Å². The Hall–Kier alpha value is -2.55. The number of urea groups is 1. The molecular formula is C15H17N3O3. The van der Waals surface area contributed by atoms with E-state index < -0.39 is 11.9 Å². The van der Waals surface area contributed by atoms with Crippen molar-refractivity contribution < 1.29 is 14.7 Å². The molecule has 1 aromatic carbocycles. The van der Waals surface area contributed by atoms with E-state index in [0.717, 1.165) is 0 Å². The number of carboxylic acids is 1. The van der Waals surface area contributed by atoms with Gasteiger partial charge in [0.2, 0.25) is 0 Å². The number of anilines is 1. The van der Waals surface area contributed by atoms with Gasteiger partial charge in [-0.25, -0.2) is 4.79 Å². The number of nitriles is 1. The van der Waals surface area contributed by atoms with Gasteiger partial charge in [-0.05, 0) is 24.3 Å². The van der Waals surface area contributed by atoms with Crippen LogP contribution in [-0.4, -0.2) is 42.1 Å². The van der Waals surface area contributed by atoms with Gasteiger partial charge in [0, 0.05) is 31.7 Å². The summed E-state index contributed by atoms with van der Waals surface area (Å²) in [5, 5.41) is 17.7. The molecule has 1 saturated heterocycles. The summed E-state index contributed by atoms with van der Waals surface area (Å²) in [7, 11) is 1.66. The third kappa shape index (κ3) is 2.97. The van der Waals surface area contributed by atoms with Crippen molar-refractivity contribution >= 4 is 17.7 Å². The number of rotatable bonds is 3. The molecule has 0 bridgehead atoms. The molecule has 1 heterocycles. The van der Waals surface area contributed by atoms with E-state index in [2.05, 4.69) is 0 Å². The van der Waals surface area contributed by atoms with E-state index in [-0.39, 0.29) is 11.9 Å². The summed E-state index contributed by atoms with van der Waals surface area (Å²) < 4.78 is 0. The molecule has 110 valence electrons. The zero-order valence-electron chi connectivity index (χ0n) is 12.0. The molecule has 0 spiro atoms. The molecule has 1 aliphatic heterocycles. The van der Waals surface area contributed by atoms with Crippen LogP contribution in [0.5, 0.6) is 0 Å². The molecule has 6 nitrogen and oxygen atoms in total. The van der Waals surface area contributed by atoms with Crippen LogP contribution in [-0.2, 0) is 4.79 Å². The van der Waals surface area contributed by atoms with Crippen LogP contribution in [0.4, 0.5) is 10.5 Å².